The molecule has 0 aliphatic carbocycles. The molecular weight excluding hydrogens is 358 g/mol. The van der Waals surface area contributed by atoms with Gasteiger partial charge in [0.25, 0.3) is 0 Å². The second-order valence-corrected chi connectivity index (χ2v) is 6.63. The number of halogens is 2. The summed E-state index contributed by atoms with van der Waals surface area (Å²) in [5.74, 6) is -1.81. The molecule has 0 bridgehead atoms. The fourth-order valence-corrected chi connectivity index (χ4v) is 3.41. The molecule has 2 aromatic heterocycles. The van der Waals surface area contributed by atoms with Gasteiger partial charge in [-0.3, -0.25) is 4.68 Å². The molecule has 0 atom stereocenters. The number of benzene rings is 2. The topological polar surface area (TPSA) is 54.5 Å². The lowest BCUT2D eigenvalue weighted by Crippen LogP contribution is -2.05. The number of hydrogen-bond donors (Lipinski definition) is 0. The van der Waals surface area contributed by atoms with Crippen LogP contribution in [0.25, 0.3) is 22.2 Å². The predicted octanol–water partition coefficient (Wildman–Crippen LogP) is 4.91. The Bertz CT molecular complexity index is 1250. The molecule has 28 heavy (non-hydrogen) atoms. The van der Waals surface area contributed by atoms with Crippen LogP contribution in [-0.4, -0.2) is 14.8 Å². The lowest BCUT2D eigenvalue weighted by atomic mass is 10.1. The van der Waals surface area contributed by atoms with Crippen LogP contribution in [0.4, 0.5) is 8.78 Å². The van der Waals surface area contributed by atoms with Crippen LogP contribution in [0.3, 0.4) is 0 Å². The molecule has 6 heteroatoms. The summed E-state index contributed by atoms with van der Waals surface area (Å²) in [6, 6.07) is 15.4. The minimum atomic E-state index is -0.922. The third kappa shape index (κ3) is 3.01. The predicted molar refractivity (Wildman–Crippen MR) is 103 cm³/mol. The highest BCUT2D eigenvalue weighted by Gasteiger charge is 2.16. The van der Waals surface area contributed by atoms with Gasteiger partial charge in [-0.05, 0) is 37.6 Å². The smallest absolute Gasteiger partial charge is 0.161 e. The van der Waals surface area contributed by atoms with Crippen LogP contribution < -0.4 is 0 Å². The maximum absolute atomic E-state index is 13.6. The molecule has 2 heterocycles. The van der Waals surface area contributed by atoms with E-state index < -0.39 is 11.6 Å². The number of hydrogen-bond acceptors (Lipinski definition) is 3. The van der Waals surface area contributed by atoms with E-state index in [2.05, 4.69) is 16.2 Å². The Labute approximate surface area is 160 Å². The Morgan fingerprint density at radius 1 is 1.04 bits per heavy atom. The molecule has 0 amide bonds. The molecule has 0 spiro atoms. The lowest BCUT2D eigenvalue weighted by molar-refractivity contribution is 0.510. The van der Waals surface area contributed by atoms with Crippen molar-refractivity contribution in [1.82, 2.24) is 14.8 Å². The number of nitriles is 1. The second kappa shape index (κ2) is 6.86. The molecule has 4 nitrogen and oxygen atoms in total. The molecule has 0 radical (unpaired) electrons. The van der Waals surface area contributed by atoms with E-state index in [0.717, 1.165) is 34.6 Å². The summed E-state index contributed by atoms with van der Waals surface area (Å²) in [4.78, 5) is 4.51. The van der Waals surface area contributed by atoms with Gasteiger partial charge in [0, 0.05) is 22.7 Å². The molecule has 0 unspecified atom stereocenters. The van der Waals surface area contributed by atoms with E-state index in [4.69, 9.17) is 0 Å². The SMILES string of the molecule is Cc1nn(Cc2ccccc2C#N)c(C)c1-c1ccc2cc(F)c(F)cc2n1. The normalized spacial score (nSPS) is 11.0. The van der Waals surface area contributed by atoms with Gasteiger partial charge in [-0.1, -0.05) is 24.3 Å². The van der Waals surface area contributed by atoms with Gasteiger partial charge in [0.1, 0.15) is 0 Å². The molecule has 0 aliphatic rings. The Kier molecular flexibility index (Phi) is 4.36. The van der Waals surface area contributed by atoms with Crippen molar-refractivity contribution < 1.29 is 8.78 Å². The van der Waals surface area contributed by atoms with Crippen molar-refractivity contribution in [2.24, 2.45) is 0 Å². The van der Waals surface area contributed by atoms with Gasteiger partial charge >= 0.3 is 0 Å². The summed E-state index contributed by atoms with van der Waals surface area (Å²) in [5.41, 5.74) is 5.04. The van der Waals surface area contributed by atoms with E-state index in [1.54, 1.807) is 18.2 Å². The molecule has 0 N–H and O–H groups in total. The van der Waals surface area contributed by atoms with E-state index in [1.165, 1.54) is 0 Å². The largest absolute Gasteiger partial charge is 0.264 e. The molecule has 4 rings (SSSR count). The number of aryl methyl sites for hydroxylation is 1. The Hall–Kier alpha value is -3.59. The zero-order valence-electron chi connectivity index (χ0n) is 15.4. The van der Waals surface area contributed by atoms with Gasteiger partial charge in [-0.25, -0.2) is 13.8 Å². The summed E-state index contributed by atoms with van der Waals surface area (Å²) in [6.07, 6.45) is 0. The first-order chi connectivity index (χ1) is 13.5. The van der Waals surface area contributed by atoms with E-state index in [-0.39, 0.29) is 0 Å². The van der Waals surface area contributed by atoms with Crippen molar-refractivity contribution in [2.45, 2.75) is 20.4 Å². The fourth-order valence-electron chi connectivity index (χ4n) is 3.41. The van der Waals surface area contributed by atoms with Gasteiger partial charge in [-0.15, -0.1) is 0 Å². The number of nitrogens with zero attached hydrogens (tertiary/aromatic N) is 4. The maximum Gasteiger partial charge on any atom is 0.161 e. The Balaban J connectivity index is 1.78. The van der Waals surface area contributed by atoms with Gasteiger partial charge in [0.05, 0.1) is 35.1 Å². The number of pyridine rings is 1. The van der Waals surface area contributed by atoms with E-state index in [1.807, 2.05) is 36.7 Å². The summed E-state index contributed by atoms with van der Waals surface area (Å²) >= 11 is 0. The van der Waals surface area contributed by atoms with Gasteiger partial charge < -0.3 is 0 Å². The molecule has 2 aromatic carbocycles. The molecule has 0 saturated heterocycles. The van der Waals surface area contributed by atoms with Crippen molar-refractivity contribution in [3.05, 3.63) is 82.7 Å². The zero-order chi connectivity index (χ0) is 19.8. The maximum atomic E-state index is 13.6. The van der Waals surface area contributed by atoms with Crippen molar-refractivity contribution in [3.63, 3.8) is 0 Å². The van der Waals surface area contributed by atoms with E-state index in [0.29, 0.717) is 28.7 Å². The molecule has 0 saturated carbocycles. The first-order valence-electron chi connectivity index (χ1n) is 8.76. The first-order valence-corrected chi connectivity index (χ1v) is 8.76. The Morgan fingerprint density at radius 2 is 1.79 bits per heavy atom. The number of rotatable bonds is 3. The van der Waals surface area contributed by atoms with Crippen molar-refractivity contribution in [3.8, 4) is 17.3 Å². The quantitative estimate of drug-likeness (QED) is 0.512. The average Bonchev–Trinajstić information content (AvgIpc) is 2.96. The highest BCUT2D eigenvalue weighted by molar-refractivity contribution is 5.82. The summed E-state index contributed by atoms with van der Waals surface area (Å²) in [7, 11) is 0. The minimum Gasteiger partial charge on any atom is -0.264 e. The van der Waals surface area contributed by atoms with Crippen LogP contribution in [0, 0.1) is 36.8 Å². The standard InChI is InChI=1S/C22H16F2N4/c1-13-22(20-8-7-15-9-18(23)19(24)10-21(15)26-20)14(2)28(27-13)12-17-6-4-3-5-16(17)11-25/h3-10H,12H2,1-2H3. The van der Waals surface area contributed by atoms with Gasteiger partial charge in [-0.2, -0.15) is 10.4 Å². The molecule has 0 fully saturated rings. The van der Waals surface area contributed by atoms with Gasteiger partial charge in [0.15, 0.2) is 11.6 Å². The zero-order valence-corrected chi connectivity index (χ0v) is 15.4. The van der Waals surface area contributed by atoms with E-state index >= 15 is 0 Å². The molecule has 0 aliphatic heterocycles. The van der Waals surface area contributed by atoms with Gasteiger partial charge in [0.2, 0.25) is 0 Å². The summed E-state index contributed by atoms with van der Waals surface area (Å²) in [6.45, 7) is 4.28. The lowest BCUT2D eigenvalue weighted by Gasteiger charge is -2.08. The first kappa shape index (κ1) is 17.8. The van der Waals surface area contributed by atoms with Crippen LogP contribution in [0.5, 0.6) is 0 Å². The van der Waals surface area contributed by atoms with Crippen LogP contribution in [-0.2, 0) is 6.54 Å². The third-order valence-electron chi connectivity index (χ3n) is 4.83. The highest BCUT2D eigenvalue weighted by Crippen LogP contribution is 2.28. The number of aromatic nitrogens is 3. The Morgan fingerprint density at radius 3 is 2.57 bits per heavy atom. The molecule has 4 aromatic rings. The summed E-state index contributed by atoms with van der Waals surface area (Å²) in [5, 5.41) is 14.4. The number of fused-ring (bicyclic) bond motifs is 1. The van der Waals surface area contributed by atoms with Crippen LogP contribution in [0.2, 0.25) is 0 Å². The molecular formula is C22H16F2N4. The van der Waals surface area contributed by atoms with Crippen LogP contribution >= 0.6 is 0 Å². The van der Waals surface area contributed by atoms with Crippen molar-refractivity contribution >= 4 is 10.9 Å². The average molecular weight is 374 g/mol. The van der Waals surface area contributed by atoms with Crippen molar-refractivity contribution in [1.29, 1.82) is 5.26 Å². The highest BCUT2D eigenvalue weighted by atomic mass is 19.2. The second-order valence-electron chi connectivity index (χ2n) is 6.63. The summed E-state index contributed by atoms with van der Waals surface area (Å²) < 4.78 is 28.9. The van der Waals surface area contributed by atoms with E-state index in [9.17, 15) is 14.0 Å². The third-order valence-corrected chi connectivity index (χ3v) is 4.83. The molecule has 138 valence electrons. The fraction of sp³-hybridized carbons (Fsp3) is 0.136. The van der Waals surface area contributed by atoms with Crippen LogP contribution in [0.15, 0.2) is 48.5 Å². The monoisotopic (exact) mass is 374 g/mol. The van der Waals surface area contributed by atoms with Crippen molar-refractivity contribution in [2.75, 3.05) is 0 Å². The van der Waals surface area contributed by atoms with Crippen LogP contribution in [0.1, 0.15) is 22.5 Å². The minimum absolute atomic E-state index is 0.387.